The summed E-state index contributed by atoms with van der Waals surface area (Å²) in [6.45, 7) is 0. The zero-order valence-corrected chi connectivity index (χ0v) is 21.0. The second-order valence-electron chi connectivity index (χ2n) is 7.22. The molecule has 0 atom stereocenters. The largest absolute Gasteiger partial charge is 0.495 e. The van der Waals surface area contributed by atoms with Crippen molar-refractivity contribution in [1.29, 1.82) is 0 Å². The van der Waals surface area contributed by atoms with Gasteiger partial charge in [0, 0.05) is 22.0 Å². The van der Waals surface area contributed by atoms with E-state index in [1.807, 2.05) is 0 Å². The molecule has 0 amide bonds. The van der Waals surface area contributed by atoms with E-state index in [1.54, 1.807) is 0 Å². The first kappa shape index (κ1) is 26.8. The Morgan fingerprint density at radius 1 is 0.892 bits per heavy atom. The average molecular weight is 629 g/mol. The average Bonchev–Trinajstić information content (AvgIpc) is 2.85. The highest BCUT2D eigenvalue weighted by molar-refractivity contribution is 9.10. The molecule has 0 aliphatic carbocycles. The van der Waals surface area contributed by atoms with Crippen molar-refractivity contribution in [3.8, 4) is 17.2 Å². The smallest absolute Gasteiger partial charge is 0.342 e. The predicted octanol–water partition coefficient (Wildman–Crippen LogP) is 6.02. The topological polar surface area (TPSA) is 74.6 Å². The number of methoxy groups -OCH3 is 1. The fourth-order valence-electron chi connectivity index (χ4n) is 3.35. The molecule has 0 aliphatic heterocycles. The van der Waals surface area contributed by atoms with Crippen molar-refractivity contribution < 1.29 is 43.7 Å². The zero-order chi connectivity index (χ0) is 27.4. The lowest BCUT2D eigenvalue weighted by Crippen LogP contribution is -2.19. The Bertz CT molecular complexity index is 1750. The van der Waals surface area contributed by atoms with Crippen LogP contribution in [0.25, 0.3) is 16.6 Å². The minimum atomic E-state index is -5.49. The molecule has 4 aromatic rings. The summed E-state index contributed by atoms with van der Waals surface area (Å²) in [5.74, 6) is -16.2. The van der Waals surface area contributed by atoms with Crippen LogP contribution in [-0.4, -0.2) is 20.1 Å². The van der Waals surface area contributed by atoms with Gasteiger partial charge in [0.05, 0.1) is 23.3 Å². The van der Waals surface area contributed by atoms with Gasteiger partial charge >= 0.3 is 10.1 Å². The third-order valence-electron chi connectivity index (χ3n) is 5.04. The number of hydrogen-bond acceptors (Lipinski definition) is 5. The highest BCUT2D eigenvalue weighted by atomic mass is 79.9. The van der Waals surface area contributed by atoms with Crippen LogP contribution < -0.4 is 14.5 Å². The molecule has 0 saturated heterocycles. The van der Waals surface area contributed by atoms with E-state index in [9.17, 15) is 35.2 Å². The maximum Gasteiger partial charge on any atom is 0.342 e. The molecular weight excluding hydrogens is 620 g/mol. The van der Waals surface area contributed by atoms with E-state index in [2.05, 4.69) is 20.1 Å². The number of pyridine rings is 1. The van der Waals surface area contributed by atoms with Gasteiger partial charge < -0.3 is 8.92 Å². The van der Waals surface area contributed by atoms with E-state index in [-0.39, 0.29) is 27.4 Å². The van der Waals surface area contributed by atoms with Gasteiger partial charge in [0.1, 0.15) is 16.5 Å². The standard InChI is InChI=1S/C22H9BrClF6NO5S/c1-35-14-5-9(23)10(24)6-13(14)31-12-7-11(25)15(4-8(12)2-3-16(31)32)37(33,34)36-22-20(29)18(27)17(26)19(28)21(22)30/h2-7H,1H3. The van der Waals surface area contributed by atoms with E-state index in [4.69, 9.17) is 16.3 Å². The number of aromatic nitrogens is 1. The van der Waals surface area contributed by atoms with E-state index < -0.39 is 61.2 Å². The Morgan fingerprint density at radius 2 is 1.49 bits per heavy atom. The monoisotopic (exact) mass is 627 g/mol. The number of fused-ring (bicyclic) bond motifs is 1. The van der Waals surface area contributed by atoms with Gasteiger partial charge in [-0.2, -0.15) is 17.2 Å². The van der Waals surface area contributed by atoms with Crippen LogP contribution in [0.1, 0.15) is 0 Å². The van der Waals surface area contributed by atoms with Gasteiger partial charge in [-0.05, 0) is 40.2 Å². The first-order chi connectivity index (χ1) is 17.3. The van der Waals surface area contributed by atoms with Crippen LogP contribution in [-0.2, 0) is 10.1 Å². The fourth-order valence-corrected chi connectivity index (χ4v) is 4.85. The Labute approximate surface area is 216 Å². The lowest BCUT2D eigenvalue weighted by atomic mass is 10.2. The van der Waals surface area contributed by atoms with Crippen LogP contribution in [0.3, 0.4) is 0 Å². The third-order valence-corrected chi connectivity index (χ3v) is 7.48. The van der Waals surface area contributed by atoms with Crippen LogP contribution in [0.4, 0.5) is 26.3 Å². The van der Waals surface area contributed by atoms with Gasteiger partial charge in [-0.1, -0.05) is 11.6 Å². The summed E-state index contributed by atoms with van der Waals surface area (Å²) in [5.41, 5.74) is -0.826. The Balaban J connectivity index is 1.92. The number of halogens is 8. The molecular formula is C22H9BrClF6NO5S. The summed E-state index contributed by atoms with van der Waals surface area (Å²) in [5, 5.41) is 0.0530. The molecule has 15 heteroatoms. The van der Waals surface area contributed by atoms with Crippen molar-refractivity contribution in [2.75, 3.05) is 7.11 Å². The van der Waals surface area contributed by atoms with Crippen molar-refractivity contribution in [1.82, 2.24) is 4.57 Å². The van der Waals surface area contributed by atoms with Gasteiger partial charge in [-0.25, -0.2) is 17.6 Å². The van der Waals surface area contributed by atoms with E-state index in [1.165, 1.54) is 19.2 Å². The van der Waals surface area contributed by atoms with E-state index >= 15 is 4.39 Å². The summed E-state index contributed by atoms with van der Waals surface area (Å²) in [6, 6.07) is 6.10. The quantitative estimate of drug-likeness (QED) is 0.117. The molecule has 0 spiro atoms. The first-order valence-electron chi connectivity index (χ1n) is 9.63. The Morgan fingerprint density at radius 3 is 2.08 bits per heavy atom. The highest BCUT2D eigenvalue weighted by Gasteiger charge is 2.32. The molecule has 0 radical (unpaired) electrons. The molecule has 0 saturated carbocycles. The van der Waals surface area contributed by atoms with Gasteiger partial charge in [0.15, 0.2) is 0 Å². The molecule has 0 N–H and O–H groups in total. The van der Waals surface area contributed by atoms with Crippen molar-refractivity contribution in [2.24, 2.45) is 0 Å². The normalized spacial score (nSPS) is 11.7. The number of benzene rings is 3. The summed E-state index contributed by atoms with van der Waals surface area (Å²) >= 11 is 9.32. The van der Waals surface area contributed by atoms with Crippen molar-refractivity contribution in [3.63, 3.8) is 0 Å². The van der Waals surface area contributed by atoms with Crippen molar-refractivity contribution in [2.45, 2.75) is 4.90 Å². The second-order valence-corrected chi connectivity index (χ2v) is 10.00. The molecule has 0 aliphatic rings. The Kier molecular flexibility index (Phi) is 6.94. The van der Waals surface area contributed by atoms with Crippen molar-refractivity contribution in [3.05, 3.63) is 91.2 Å². The first-order valence-corrected chi connectivity index (χ1v) is 12.2. The third kappa shape index (κ3) is 4.53. The summed E-state index contributed by atoms with van der Waals surface area (Å²) in [6.07, 6.45) is 0. The summed E-state index contributed by atoms with van der Waals surface area (Å²) < 4.78 is 119. The van der Waals surface area contributed by atoms with Gasteiger partial charge in [-0.15, -0.1) is 0 Å². The maximum atomic E-state index is 15.1. The molecule has 1 heterocycles. The number of nitrogens with zero attached hydrogens (tertiary/aromatic N) is 1. The lowest BCUT2D eigenvalue weighted by Gasteiger charge is -2.16. The Hall–Kier alpha value is -3.23. The van der Waals surface area contributed by atoms with E-state index in [0.29, 0.717) is 16.6 Å². The molecule has 0 bridgehead atoms. The summed E-state index contributed by atoms with van der Waals surface area (Å²) in [4.78, 5) is 11.4. The van der Waals surface area contributed by atoms with Crippen LogP contribution in [0.5, 0.6) is 11.5 Å². The lowest BCUT2D eigenvalue weighted by molar-refractivity contribution is 0.346. The van der Waals surface area contributed by atoms with E-state index in [0.717, 1.165) is 16.7 Å². The summed E-state index contributed by atoms with van der Waals surface area (Å²) in [7, 11) is -4.20. The molecule has 0 unspecified atom stereocenters. The van der Waals surface area contributed by atoms with Crippen LogP contribution >= 0.6 is 27.5 Å². The van der Waals surface area contributed by atoms with Crippen LogP contribution in [0, 0.1) is 34.9 Å². The van der Waals surface area contributed by atoms with Crippen LogP contribution in [0.2, 0.25) is 5.02 Å². The van der Waals surface area contributed by atoms with Gasteiger partial charge in [0.2, 0.25) is 34.8 Å². The minimum Gasteiger partial charge on any atom is -0.495 e. The molecule has 3 aromatic carbocycles. The highest BCUT2D eigenvalue weighted by Crippen LogP contribution is 2.36. The predicted molar refractivity (Wildman–Crippen MR) is 123 cm³/mol. The molecule has 6 nitrogen and oxygen atoms in total. The number of rotatable bonds is 5. The molecule has 1 aromatic heterocycles. The maximum absolute atomic E-state index is 15.1. The SMILES string of the molecule is COc1cc(Br)c(Cl)cc1-n1c(=O)ccc2cc(S(=O)(=O)Oc3c(F)c(F)c(F)c(F)c3F)c(F)cc21. The molecule has 4 rings (SSSR count). The van der Waals surface area contributed by atoms with Crippen molar-refractivity contribution >= 4 is 48.6 Å². The number of ether oxygens (including phenoxy) is 1. The van der Waals surface area contributed by atoms with Gasteiger partial charge in [0.25, 0.3) is 5.56 Å². The molecule has 37 heavy (non-hydrogen) atoms. The number of hydrogen-bond donors (Lipinski definition) is 0. The second kappa shape index (κ2) is 9.58. The molecule has 194 valence electrons. The minimum absolute atomic E-state index is 0.0546. The zero-order valence-electron chi connectivity index (χ0n) is 17.9. The fraction of sp³-hybridized carbons (Fsp3) is 0.0455. The molecule has 0 fully saturated rings. The van der Waals surface area contributed by atoms with Crippen LogP contribution in [0.15, 0.2) is 50.6 Å². The van der Waals surface area contributed by atoms with Gasteiger partial charge in [-0.3, -0.25) is 9.36 Å².